The van der Waals surface area contributed by atoms with Crippen molar-refractivity contribution in [1.82, 2.24) is 10.3 Å². The second-order valence-electron chi connectivity index (χ2n) is 5.52. The standard InChI is InChI=1S/C16H23N3O3/c1-3-14-13(5-4-8-22-14)16(21)18-10-12-6-7-15(17-9-12)19-11(2)20/h6-7,9,13-14H,3-5,8,10H2,1-2H3,(H,18,21)(H,17,19,20). The molecule has 22 heavy (non-hydrogen) atoms. The smallest absolute Gasteiger partial charge is 0.226 e. The average molecular weight is 305 g/mol. The minimum Gasteiger partial charge on any atom is -0.377 e. The molecule has 1 aromatic heterocycles. The summed E-state index contributed by atoms with van der Waals surface area (Å²) in [4.78, 5) is 27.3. The summed E-state index contributed by atoms with van der Waals surface area (Å²) >= 11 is 0. The van der Waals surface area contributed by atoms with Gasteiger partial charge in [0, 0.05) is 26.3 Å². The number of anilines is 1. The summed E-state index contributed by atoms with van der Waals surface area (Å²) in [6.45, 7) is 4.66. The van der Waals surface area contributed by atoms with Gasteiger partial charge in [0.25, 0.3) is 0 Å². The van der Waals surface area contributed by atoms with Crippen LogP contribution in [0.15, 0.2) is 18.3 Å². The monoisotopic (exact) mass is 305 g/mol. The lowest BCUT2D eigenvalue weighted by Crippen LogP contribution is -2.41. The Morgan fingerprint density at radius 2 is 2.23 bits per heavy atom. The SMILES string of the molecule is CCC1OCCCC1C(=O)NCc1ccc(NC(C)=O)nc1. The molecule has 0 bridgehead atoms. The van der Waals surface area contributed by atoms with Crippen molar-refractivity contribution >= 4 is 17.6 Å². The van der Waals surface area contributed by atoms with Gasteiger partial charge < -0.3 is 15.4 Å². The van der Waals surface area contributed by atoms with Crippen molar-refractivity contribution in [3.8, 4) is 0 Å². The van der Waals surface area contributed by atoms with E-state index in [1.165, 1.54) is 6.92 Å². The number of amides is 2. The molecule has 0 aromatic carbocycles. The van der Waals surface area contributed by atoms with E-state index in [9.17, 15) is 9.59 Å². The first-order valence-corrected chi connectivity index (χ1v) is 7.72. The number of aromatic nitrogens is 1. The molecule has 0 saturated carbocycles. The Morgan fingerprint density at radius 3 is 2.86 bits per heavy atom. The lowest BCUT2D eigenvalue weighted by molar-refractivity contribution is -0.134. The fourth-order valence-electron chi connectivity index (χ4n) is 2.65. The number of pyridine rings is 1. The quantitative estimate of drug-likeness (QED) is 0.870. The number of rotatable bonds is 5. The molecule has 1 saturated heterocycles. The highest BCUT2D eigenvalue weighted by molar-refractivity contribution is 5.87. The summed E-state index contributed by atoms with van der Waals surface area (Å²) in [5.41, 5.74) is 0.896. The zero-order chi connectivity index (χ0) is 15.9. The minimum atomic E-state index is -0.156. The fraction of sp³-hybridized carbons (Fsp3) is 0.562. The summed E-state index contributed by atoms with van der Waals surface area (Å²) in [5, 5.41) is 5.55. The number of hydrogen-bond donors (Lipinski definition) is 2. The third-order valence-electron chi connectivity index (χ3n) is 3.77. The van der Waals surface area contributed by atoms with E-state index in [-0.39, 0.29) is 23.8 Å². The minimum absolute atomic E-state index is 0.0222. The Labute approximate surface area is 130 Å². The molecule has 120 valence electrons. The number of carbonyl (C=O) groups is 2. The van der Waals surface area contributed by atoms with Crippen LogP contribution >= 0.6 is 0 Å². The molecule has 2 amide bonds. The molecule has 6 heteroatoms. The first-order valence-electron chi connectivity index (χ1n) is 7.72. The van der Waals surface area contributed by atoms with Gasteiger partial charge in [-0.15, -0.1) is 0 Å². The molecule has 1 aliphatic rings. The number of hydrogen-bond acceptors (Lipinski definition) is 4. The first-order chi connectivity index (χ1) is 10.6. The lowest BCUT2D eigenvalue weighted by Gasteiger charge is -2.30. The zero-order valence-corrected chi connectivity index (χ0v) is 13.1. The Morgan fingerprint density at radius 1 is 1.41 bits per heavy atom. The second-order valence-corrected chi connectivity index (χ2v) is 5.52. The van der Waals surface area contributed by atoms with Crippen LogP contribution in [0.25, 0.3) is 0 Å². The maximum atomic E-state index is 12.3. The first kappa shape index (κ1) is 16.4. The molecule has 2 heterocycles. The van der Waals surface area contributed by atoms with Crippen LogP contribution in [-0.2, 0) is 20.9 Å². The number of nitrogens with one attached hydrogen (secondary N) is 2. The summed E-state index contributed by atoms with van der Waals surface area (Å²) in [6, 6.07) is 3.56. The average Bonchev–Trinajstić information content (AvgIpc) is 2.53. The van der Waals surface area contributed by atoms with Crippen molar-refractivity contribution in [2.24, 2.45) is 5.92 Å². The Balaban J connectivity index is 1.86. The molecule has 0 aliphatic carbocycles. The normalized spacial score (nSPS) is 21.2. The van der Waals surface area contributed by atoms with E-state index in [0.29, 0.717) is 12.4 Å². The molecular weight excluding hydrogens is 282 g/mol. The lowest BCUT2D eigenvalue weighted by atomic mass is 9.92. The van der Waals surface area contributed by atoms with Gasteiger partial charge in [0.15, 0.2) is 0 Å². The van der Waals surface area contributed by atoms with Crippen LogP contribution in [0.3, 0.4) is 0 Å². The van der Waals surface area contributed by atoms with Gasteiger partial charge in [-0.05, 0) is 30.9 Å². The highest BCUT2D eigenvalue weighted by atomic mass is 16.5. The van der Waals surface area contributed by atoms with Crippen LogP contribution in [0.1, 0.15) is 38.7 Å². The third kappa shape index (κ3) is 4.53. The van der Waals surface area contributed by atoms with Crippen molar-refractivity contribution in [2.45, 2.75) is 45.8 Å². The second kappa shape index (κ2) is 7.89. The van der Waals surface area contributed by atoms with Crippen molar-refractivity contribution in [3.63, 3.8) is 0 Å². The zero-order valence-electron chi connectivity index (χ0n) is 13.1. The summed E-state index contributed by atoms with van der Waals surface area (Å²) in [6.07, 6.45) is 4.34. The van der Waals surface area contributed by atoms with Gasteiger partial charge in [0.05, 0.1) is 12.0 Å². The van der Waals surface area contributed by atoms with Crippen LogP contribution in [0, 0.1) is 5.92 Å². The molecule has 2 atom stereocenters. The molecule has 6 nitrogen and oxygen atoms in total. The maximum absolute atomic E-state index is 12.3. The van der Waals surface area contributed by atoms with Gasteiger partial charge in [-0.25, -0.2) is 4.98 Å². The van der Waals surface area contributed by atoms with E-state index in [4.69, 9.17) is 4.74 Å². The Bertz CT molecular complexity index is 516. The molecule has 1 fully saturated rings. The van der Waals surface area contributed by atoms with Gasteiger partial charge in [-0.3, -0.25) is 9.59 Å². The highest BCUT2D eigenvalue weighted by Gasteiger charge is 2.30. The van der Waals surface area contributed by atoms with Crippen molar-refractivity contribution in [2.75, 3.05) is 11.9 Å². The summed E-state index contributed by atoms with van der Waals surface area (Å²) in [5.74, 6) is 0.327. The number of carbonyl (C=O) groups excluding carboxylic acids is 2. The van der Waals surface area contributed by atoms with Gasteiger partial charge in [0.1, 0.15) is 5.82 Å². The predicted molar refractivity (Wildman–Crippen MR) is 83.1 cm³/mol. The number of ether oxygens (including phenoxy) is 1. The van der Waals surface area contributed by atoms with Gasteiger partial charge >= 0.3 is 0 Å². The number of nitrogens with zero attached hydrogens (tertiary/aromatic N) is 1. The van der Waals surface area contributed by atoms with Crippen LogP contribution in [-0.4, -0.2) is 29.5 Å². The van der Waals surface area contributed by atoms with E-state index in [1.807, 2.05) is 13.0 Å². The van der Waals surface area contributed by atoms with Gasteiger partial charge in [-0.1, -0.05) is 13.0 Å². The molecular formula is C16H23N3O3. The van der Waals surface area contributed by atoms with Crippen LogP contribution in [0.2, 0.25) is 0 Å². The van der Waals surface area contributed by atoms with Crippen LogP contribution < -0.4 is 10.6 Å². The van der Waals surface area contributed by atoms with E-state index < -0.39 is 0 Å². The van der Waals surface area contributed by atoms with Crippen LogP contribution in [0.5, 0.6) is 0 Å². The van der Waals surface area contributed by atoms with Gasteiger partial charge in [-0.2, -0.15) is 0 Å². The molecule has 2 N–H and O–H groups in total. The van der Waals surface area contributed by atoms with Crippen molar-refractivity contribution in [3.05, 3.63) is 23.9 Å². The summed E-state index contributed by atoms with van der Waals surface area (Å²) < 4.78 is 5.65. The van der Waals surface area contributed by atoms with Gasteiger partial charge in [0.2, 0.25) is 11.8 Å². The predicted octanol–water partition coefficient (Wildman–Crippen LogP) is 1.86. The molecule has 0 radical (unpaired) electrons. The molecule has 1 aromatic rings. The molecule has 2 unspecified atom stereocenters. The highest BCUT2D eigenvalue weighted by Crippen LogP contribution is 2.23. The van der Waals surface area contributed by atoms with Crippen molar-refractivity contribution < 1.29 is 14.3 Å². The Kier molecular flexibility index (Phi) is 5.89. The van der Waals surface area contributed by atoms with E-state index >= 15 is 0 Å². The fourth-order valence-corrected chi connectivity index (χ4v) is 2.65. The summed E-state index contributed by atoms with van der Waals surface area (Å²) in [7, 11) is 0. The van der Waals surface area contributed by atoms with Crippen LogP contribution in [0.4, 0.5) is 5.82 Å². The Hall–Kier alpha value is -1.95. The molecule has 2 rings (SSSR count). The van der Waals surface area contributed by atoms with E-state index in [2.05, 4.69) is 15.6 Å². The van der Waals surface area contributed by atoms with Crippen molar-refractivity contribution in [1.29, 1.82) is 0 Å². The topological polar surface area (TPSA) is 80.3 Å². The largest absolute Gasteiger partial charge is 0.377 e. The maximum Gasteiger partial charge on any atom is 0.226 e. The molecule has 0 spiro atoms. The van der Waals surface area contributed by atoms with E-state index in [0.717, 1.165) is 31.4 Å². The van der Waals surface area contributed by atoms with E-state index in [1.54, 1.807) is 12.3 Å². The third-order valence-corrected chi connectivity index (χ3v) is 3.77. The molecule has 1 aliphatic heterocycles.